The van der Waals surface area contributed by atoms with Gasteiger partial charge in [0, 0.05) is 11.8 Å². The number of carbonyl (C=O) groups is 1. The summed E-state index contributed by atoms with van der Waals surface area (Å²) in [6, 6.07) is 3.79. The molecule has 1 aromatic heterocycles. The number of fused-ring (bicyclic) bond motifs is 1. The van der Waals surface area contributed by atoms with Crippen LogP contribution in [0.1, 0.15) is 26.3 Å². The molecule has 122 valence electrons. The monoisotopic (exact) mass is 305 g/mol. The Labute approximate surface area is 132 Å². The number of hydrogen-bond donors (Lipinski definition) is 2. The van der Waals surface area contributed by atoms with E-state index in [1.165, 1.54) is 13.1 Å². The van der Waals surface area contributed by atoms with E-state index >= 15 is 0 Å². The van der Waals surface area contributed by atoms with E-state index in [1.807, 2.05) is 32.9 Å². The molecule has 2 fully saturated rings. The Morgan fingerprint density at radius 2 is 2.14 bits per heavy atom. The van der Waals surface area contributed by atoms with E-state index in [2.05, 4.69) is 22.5 Å². The molecule has 5 heteroatoms. The summed E-state index contributed by atoms with van der Waals surface area (Å²) in [5, 5.41) is 6.03. The molecule has 2 heterocycles. The smallest absolute Gasteiger partial charge is 0.216 e. The lowest BCUT2D eigenvalue weighted by Gasteiger charge is -2.23. The van der Waals surface area contributed by atoms with Crippen LogP contribution >= 0.6 is 0 Å². The van der Waals surface area contributed by atoms with Gasteiger partial charge in [0.1, 0.15) is 6.61 Å². The molecular weight excluding hydrogens is 278 g/mol. The third kappa shape index (κ3) is 4.44. The largest absolute Gasteiger partial charge is 0.475 e. The third-order valence-electron chi connectivity index (χ3n) is 4.50. The van der Waals surface area contributed by atoms with Gasteiger partial charge in [-0.25, -0.2) is 4.98 Å². The number of amides is 1. The van der Waals surface area contributed by atoms with Crippen molar-refractivity contribution in [2.45, 2.75) is 33.2 Å². The second-order valence-corrected chi connectivity index (χ2v) is 6.91. The molecule has 1 aliphatic carbocycles. The van der Waals surface area contributed by atoms with Gasteiger partial charge in [-0.05, 0) is 57.7 Å². The maximum absolute atomic E-state index is 10.3. The number of aromatic nitrogens is 1. The minimum Gasteiger partial charge on any atom is -0.475 e. The molecule has 3 rings (SSSR count). The number of aryl methyl sites for hydroxylation is 1. The number of ether oxygens (including phenoxy) is 1. The lowest BCUT2D eigenvalue weighted by atomic mass is 10.1. The Morgan fingerprint density at radius 3 is 2.64 bits per heavy atom. The first kappa shape index (κ1) is 16.7. The molecule has 1 aromatic rings. The average Bonchev–Trinajstić information content (AvgIpc) is 2.90. The molecule has 0 spiro atoms. The third-order valence-corrected chi connectivity index (χ3v) is 4.50. The van der Waals surface area contributed by atoms with Crippen LogP contribution < -0.4 is 15.4 Å². The van der Waals surface area contributed by atoms with Gasteiger partial charge in [-0.3, -0.25) is 4.79 Å². The second-order valence-electron chi connectivity index (χ2n) is 6.91. The molecule has 22 heavy (non-hydrogen) atoms. The summed E-state index contributed by atoms with van der Waals surface area (Å²) >= 11 is 0. The first-order valence-corrected chi connectivity index (χ1v) is 7.91. The summed E-state index contributed by atoms with van der Waals surface area (Å²) in [7, 11) is 0. The van der Waals surface area contributed by atoms with E-state index in [1.54, 1.807) is 6.20 Å². The van der Waals surface area contributed by atoms with Crippen LogP contribution in [-0.2, 0) is 4.79 Å². The first-order valence-electron chi connectivity index (χ1n) is 7.91. The van der Waals surface area contributed by atoms with Gasteiger partial charge >= 0.3 is 0 Å². The fourth-order valence-electron chi connectivity index (χ4n) is 2.80. The van der Waals surface area contributed by atoms with Gasteiger partial charge < -0.3 is 15.4 Å². The summed E-state index contributed by atoms with van der Waals surface area (Å²) in [6.07, 6.45) is 2.36. The van der Waals surface area contributed by atoms with Crippen molar-refractivity contribution in [2.75, 3.05) is 19.7 Å². The number of carbonyl (C=O) groups excluding carboxylic acids is 1. The molecule has 2 N–H and O–H groups in total. The van der Waals surface area contributed by atoms with Crippen LogP contribution in [0, 0.1) is 24.7 Å². The van der Waals surface area contributed by atoms with Crippen LogP contribution in [0.2, 0.25) is 0 Å². The van der Waals surface area contributed by atoms with E-state index in [4.69, 9.17) is 4.74 Å². The van der Waals surface area contributed by atoms with Gasteiger partial charge in [-0.1, -0.05) is 13.0 Å². The molecule has 0 bridgehead atoms. The summed E-state index contributed by atoms with van der Waals surface area (Å²) in [4.78, 5) is 14.4. The summed E-state index contributed by atoms with van der Waals surface area (Å²) in [5.74, 6) is 3.81. The van der Waals surface area contributed by atoms with Crippen molar-refractivity contribution in [3.8, 4) is 5.88 Å². The maximum Gasteiger partial charge on any atom is 0.216 e. The lowest BCUT2D eigenvalue weighted by molar-refractivity contribution is -0.111. The SMILES string of the molecule is CC1[C@H]2CNC[C@@H]12.Cc1cccnc1OCC(C)(C)NC=O. The first-order chi connectivity index (χ1) is 10.4. The fourth-order valence-corrected chi connectivity index (χ4v) is 2.80. The molecule has 5 nitrogen and oxygen atoms in total. The Kier molecular flexibility index (Phi) is 5.40. The van der Waals surface area contributed by atoms with E-state index in [0.29, 0.717) is 18.9 Å². The molecule has 1 amide bonds. The molecule has 1 saturated carbocycles. The number of nitrogens with zero attached hydrogens (tertiary/aromatic N) is 1. The Balaban J connectivity index is 0.000000205. The summed E-state index contributed by atoms with van der Waals surface area (Å²) < 4.78 is 5.52. The average molecular weight is 305 g/mol. The van der Waals surface area contributed by atoms with Crippen LogP contribution in [0.25, 0.3) is 0 Å². The standard InChI is InChI=1S/C11H16N2O2.C6H11N/c1-9-5-4-6-12-10(9)15-7-11(2,3)13-8-14;1-4-5-2-7-3-6(4)5/h4-6,8H,7H2,1-3H3,(H,13,14);4-7H,2-3H2,1H3/t;4?,5-,6+. The highest BCUT2D eigenvalue weighted by Crippen LogP contribution is 2.47. The van der Waals surface area contributed by atoms with Crippen molar-refractivity contribution in [1.82, 2.24) is 15.6 Å². The molecule has 1 aliphatic heterocycles. The van der Waals surface area contributed by atoms with Crippen LogP contribution in [0.4, 0.5) is 0 Å². The van der Waals surface area contributed by atoms with Crippen LogP contribution in [0.5, 0.6) is 5.88 Å². The Hall–Kier alpha value is -1.62. The number of pyridine rings is 1. The molecule has 3 atom stereocenters. The highest BCUT2D eigenvalue weighted by atomic mass is 16.5. The van der Waals surface area contributed by atoms with Crippen molar-refractivity contribution in [2.24, 2.45) is 17.8 Å². The zero-order chi connectivity index (χ0) is 16.2. The molecule has 0 aromatic carbocycles. The summed E-state index contributed by atoms with van der Waals surface area (Å²) in [6.45, 7) is 11.1. The Morgan fingerprint density at radius 1 is 1.45 bits per heavy atom. The van der Waals surface area contributed by atoms with Crippen molar-refractivity contribution in [3.05, 3.63) is 23.9 Å². The van der Waals surface area contributed by atoms with E-state index in [0.717, 1.165) is 23.3 Å². The van der Waals surface area contributed by atoms with E-state index in [9.17, 15) is 4.79 Å². The predicted octanol–water partition coefficient (Wildman–Crippen LogP) is 1.77. The topological polar surface area (TPSA) is 63.3 Å². The van der Waals surface area contributed by atoms with Crippen LogP contribution in [-0.4, -0.2) is 36.6 Å². The van der Waals surface area contributed by atoms with E-state index in [-0.39, 0.29) is 5.54 Å². The number of rotatable bonds is 5. The zero-order valence-corrected chi connectivity index (χ0v) is 13.9. The van der Waals surface area contributed by atoms with Crippen molar-refractivity contribution in [1.29, 1.82) is 0 Å². The van der Waals surface area contributed by atoms with Gasteiger partial charge in [0.25, 0.3) is 0 Å². The lowest BCUT2D eigenvalue weighted by Crippen LogP contribution is -2.43. The highest BCUT2D eigenvalue weighted by molar-refractivity contribution is 5.47. The molecule has 1 saturated heterocycles. The maximum atomic E-state index is 10.3. The Bertz CT molecular complexity index is 494. The number of piperidine rings is 1. The summed E-state index contributed by atoms with van der Waals surface area (Å²) in [5.41, 5.74) is 0.602. The van der Waals surface area contributed by atoms with Crippen molar-refractivity contribution >= 4 is 6.41 Å². The van der Waals surface area contributed by atoms with Gasteiger partial charge in [0.2, 0.25) is 12.3 Å². The molecule has 0 radical (unpaired) electrons. The minimum atomic E-state index is -0.383. The van der Waals surface area contributed by atoms with Gasteiger partial charge in [-0.2, -0.15) is 0 Å². The number of nitrogens with one attached hydrogen (secondary N) is 2. The van der Waals surface area contributed by atoms with Gasteiger partial charge in [-0.15, -0.1) is 0 Å². The van der Waals surface area contributed by atoms with E-state index < -0.39 is 0 Å². The zero-order valence-electron chi connectivity index (χ0n) is 13.9. The van der Waals surface area contributed by atoms with Crippen LogP contribution in [0.3, 0.4) is 0 Å². The second kappa shape index (κ2) is 7.09. The fraction of sp³-hybridized carbons (Fsp3) is 0.647. The minimum absolute atomic E-state index is 0.383. The number of hydrogen-bond acceptors (Lipinski definition) is 4. The predicted molar refractivity (Wildman–Crippen MR) is 86.8 cm³/mol. The highest BCUT2D eigenvalue weighted by Gasteiger charge is 2.49. The van der Waals surface area contributed by atoms with Crippen molar-refractivity contribution < 1.29 is 9.53 Å². The quantitative estimate of drug-likeness (QED) is 0.814. The van der Waals surface area contributed by atoms with Gasteiger partial charge in [0.15, 0.2) is 0 Å². The molecule has 2 aliphatic rings. The van der Waals surface area contributed by atoms with Crippen molar-refractivity contribution in [3.63, 3.8) is 0 Å². The van der Waals surface area contributed by atoms with Crippen LogP contribution in [0.15, 0.2) is 18.3 Å². The normalized spacial score (nSPS) is 25.5. The molecular formula is C17H27N3O2. The molecule has 1 unspecified atom stereocenters. The van der Waals surface area contributed by atoms with Gasteiger partial charge in [0.05, 0.1) is 5.54 Å².